The van der Waals surface area contributed by atoms with Crippen molar-refractivity contribution in [2.45, 2.75) is 45.4 Å². The Hall–Kier alpha value is -1.18. The van der Waals surface area contributed by atoms with Gasteiger partial charge in [0.05, 0.1) is 0 Å². The molecule has 0 heterocycles. The molecule has 0 amide bonds. The van der Waals surface area contributed by atoms with Crippen molar-refractivity contribution in [1.82, 2.24) is 0 Å². The molecule has 1 aromatic carbocycles. The molecule has 16 heavy (non-hydrogen) atoms. The number of phenolic OH excluding ortho intramolecular Hbond substituents is 2. The van der Waals surface area contributed by atoms with Crippen molar-refractivity contribution in [3.05, 3.63) is 23.3 Å². The molecule has 1 aromatic rings. The molecule has 1 aliphatic rings. The van der Waals surface area contributed by atoms with Gasteiger partial charge in [-0.05, 0) is 53.9 Å². The van der Waals surface area contributed by atoms with Gasteiger partial charge in [-0.3, -0.25) is 0 Å². The van der Waals surface area contributed by atoms with Gasteiger partial charge >= 0.3 is 0 Å². The van der Waals surface area contributed by atoms with Gasteiger partial charge in [-0.1, -0.05) is 20.8 Å². The summed E-state index contributed by atoms with van der Waals surface area (Å²) in [4.78, 5) is 0. The Balaban J connectivity index is 2.52. The van der Waals surface area contributed by atoms with Crippen molar-refractivity contribution in [3.63, 3.8) is 0 Å². The molecular weight excluding hydrogens is 200 g/mol. The van der Waals surface area contributed by atoms with E-state index in [1.165, 1.54) is 24.0 Å². The van der Waals surface area contributed by atoms with Crippen LogP contribution >= 0.6 is 0 Å². The molecular formula is C14H20O2. The van der Waals surface area contributed by atoms with Crippen molar-refractivity contribution in [2.24, 2.45) is 5.92 Å². The lowest BCUT2D eigenvalue weighted by Gasteiger charge is -2.32. The summed E-state index contributed by atoms with van der Waals surface area (Å²) in [5, 5.41) is 19.2. The highest BCUT2D eigenvalue weighted by atomic mass is 16.3. The van der Waals surface area contributed by atoms with Crippen molar-refractivity contribution in [3.8, 4) is 11.5 Å². The number of rotatable bonds is 1. The number of hydrogen-bond acceptors (Lipinski definition) is 2. The molecule has 0 saturated heterocycles. The zero-order valence-electron chi connectivity index (χ0n) is 10.2. The highest BCUT2D eigenvalue weighted by Gasteiger charge is 2.28. The minimum atomic E-state index is 0.00926. The van der Waals surface area contributed by atoms with E-state index in [1.807, 2.05) is 0 Å². The van der Waals surface area contributed by atoms with E-state index in [4.69, 9.17) is 0 Å². The molecule has 0 saturated carbocycles. The molecule has 0 radical (unpaired) electrons. The Kier molecular flexibility index (Phi) is 2.83. The third-order valence-corrected chi connectivity index (χ3v) is 3.83. The summed E-state index contributed by atoms with van der Waals surface area (Å²) in [6.07, 6.45) is 2.34. The van der Waals surface area contributed by atoms with Crippen LogP contribution in [0.2, 0.25) is 0 Å². The smallest absolute Gasteiger partial charge is 0.157 e. The predicted octanol–water partition coefficient (Wildman–Crippen LogP) is 3.73. The zero-order valence-corrected chi connectivity index (χ0v) is 10.2. The van der Waals surface area contributed by atoms with Gasteiger partial charge in [-0.15, -0.1) is 0 Å². The molecule has 2 heteroatoms. The fraction of sp³-hybridized carbons (Fsp3) is 0.571. The largest absolute Gasteiger partial charge is 0.504 e. The molecule has 0 bridgehead atoms. The molecule has 2 rings (SSSR count). The van der Waals surface area contributed by atoms with Crippen LogP contribution in [0.4, 0.5) is 0 Å². The monoisotopic (exact) mass is 220 g/mol. The van der Waals surface area contributed by atoms with E-state index < -0.39 is 0 Å². The first kappa shape index (κ1) is 11.3. The number of hydrogen-bond donors (Lipinski definition) is 2. The number of phenols is 2. The minimum absolute atomic E-state index is 0.00926. The molecule has 88 valence electrons. The molecule has 2 N–H and O–H groups in total. The van der Waals surface area contributed by atoms with Gasteiger partial charge in [0, 0.05) is 0 Å². The van der Waals surface area contributed by atoms with E-state index in [-0.39, 0.29) is 11.5 Å². The molecule has 0 aliphatic heterocycles. The van der Waals surface area contributed by atoms with Gasteiger partial charge in [-0.25, -0.2) is 0 Å². The summed E-state index contributed by atoms with van der Waals surface area (Å²) in [5.74, 6) is 1.60. The van der Waals surface area contributed by atoms with Crippen LogP contribution < -0.4 is 0 Å². The zero-order chi connectivity index (χ0) is 11.9. The van der Waals surface area contributed by atoms with Crippen molar-refractivity contribution >= 4 is 0 Å². The molecule has 0 spiro atoms. The van der Waals surface area contributed by atoms with Crippen LogP contribution in [0, 0.1) is 5.92 Å². The fourth-order valence-corrected chi connectivity index (χ4v) is 2.79. The van der Waals surface area contributed by atoms with Crippen LogP contribution in [0.1, 0.15) is 56.6 Å². The molecule has 1 aliphatic carbocycles. The first-order valence-electron chi connectivity index (χ1n) is 6.06. The van der Waals surface area contributed by atoms with Gasteiger partial charge in [0.15, 0.2) is 11.5 Å². The van der Waals surface area contributed by atoms with Crippen LogP contribution in [0.5, 0.6) is 11.5 Å². The summed E-state index contributed by atoms with van der Waals surface area (Å²) < 4.78 is 0. The lowest BCUT2D eigenvalue weighted by molar-refractivity contribution is 0.384. The summed E-state index contributed by atoms with van der Waals surface area (Å²) >= 11 is 0. The maximum absolute atomic E-state index is 9.61. The van der Waals surface area contributed by atoms with Gasteiger partial charge < -0.3 is 10.2 Å². The van der Waals surface area contributed by atoms with E-state index >= 15 is 0 Å². The van der Waals surface area contributed by atoms with E-state index in [0.29, 0.717) is 17.8 Å². The van der Waals surface area contributed by atoms with Crippen LogP contribution in [0.3, 0.4) is 0 Å². The lowest BCUT2D eigenvalue weighted by atomic mass is 9.73. The molecule has 0 unspecified atom stereocenters. The van der Waals surface area contributed by atoms with Crippen molar-refractivity contribution in [2.75, 3.05) is 0 Å². The first-order valence-corrected chi connectivity index (χ1v) is 6.06. The Morgan fingerprint density at radius 3 is 2.19 bits per heavy atom. The van der Waals surface area contributed by atoms with E-state index in [9.17, 15) is 10.2 Å². The SMILES string of the molecule is CC(C)[C@H]1CC[C@@H](C)c2cc(O)c(O)cc21. The van der Waals surface area contributed by atoms with Crippen LogP contribution in [-0.2, 0) is 0 Å². The molecule has 0 aromatic heterocycles. The lowest BCUT2D eigenvalue weighted by Crippen LogP contribution is -2.16. The average molecular weight is 220 g/mol. The standard InChI is InChI=1S/C14H20O2/c1-8(2)10-5-4-9(3)11-6-13(15)14(16)7-12(10)11/h6-10,15-16H,4-5H2,1-3H3/t9-,10-/m1/s1. The highest BCUT2D eigenvalue weighted by Crippen LogP contribution is 2.45. The quantitative estimate of drug-likeness (QED) is 0.708. The van der Waals surface area contributed by atoms with E-state index in [1.54, 1.807) is 12.1 Å². The van der Waals surface area contributed by atoms with Crippen molar-refractivity contribution in [1.29, 1.82) is 0 Å². The first-order chi connectivity index (χ1) is 7.50. The third-order valence-electron chi connectivity index (χ3n) is 3.83. The summed E-state index contributed by atoms with van der Waals surface area (Å²) in [6.45, 7) is 6.62. The van der Waals surface area contributed by atoms with Gasteiger partial charge in [-0.2, -0.15) is 0 Å². The average Bonchev–Trinajstić information content (AvgIpc) is 2.21. The summed E-state index contributed by atoms with van der Waals surface area (Å²) in [6, 6.07) is 3.49. The highest BCUT2D eigenvalue weighted by molar-refractivity contribution is 5.49. The summed E-state index contributed by atoms with van der Waals surface area (Å²) in [7, 11) is 0. The van der Waals surface area contributed by atoms with Gasteiger partial charge in [0.1, 0.15) is 0 Å². The molecule has 2 atom stereocenters. The molecule has 0 fully saturated rings. The number of benzene rings is 1. The van der Waals surface area contributed by atoms with Crippen LogP contribution in [0.25, 0.3) is 0 Å². The maximum Gasteiger partial charge on any atom is 0.157 e. The Morgan fingerprint density at radius 2 is 1.62 bits per heavy atom. The summed E-state index contributed by atoms with van der Waals surface area (Å²) in [5.41, 5.74) is 2.43. The number of aromatic hydroxyl groups is 2. The molecule has 2 nitrogen and oxygen atoms in total. The second kappa shape index (κ2) is 4.00. The Bertz CT molecular complexity index is 396. The third kappa shape index (κ3) is 1.77. The van der Waals surface area contributed by atoms with E-state index in [2.05, 4.69) is 20.8 Å². The maximum atomic E-state index is 9.61. The van der Waals surface area contributed by atoms with E-state index in [0.717, 1.165) is 0 Å². The topological polar surface area (TPSA) is 40.5 Å². The normalized spacial score (nSPS) is 24.5. The Morgan fingerprint density at radius 1 is 1.06 bits per heavy atom. The second-order valence-electron chi connectivity index (χ2n) is 5.30. The number of fused-ring (bicyclic) bond motifs is 1. The van der Waals surface area contributed by atoms with Gasteiger partial charge in [0.2, 0.25) is 0 Å². The van der Waals surface area contributed by atoms with Crippen molar-refractivity contribution < 1.29 is 10.2 Å². The second-order valence-corrected chi connectivity index (χ2v) is 5.30. The fourth-order valence-electron chi connectivity index (χ4n) is 2.79. The van der Waals surface area contributed by atoms with Crippen LogP contribution in [-0.4, -0.2) is 10.2 Å². The predicted molar refractivity (Wildman–Crippen MR) is 65.0 cm³/mol. The Labute approximate surface area is 96.9 Å². The van der Waals surface area contributed by atoms with Crippen LogP contribution in [0.15, 0.2) is 12.1 Å². The minimum Gasteiger partial charge on any atom is -0.504 e. The van der Waals surface area contributed by atoms with Gasteiger partial charge in [0.25, 0.3) is 0 Å².